The second kappa shape index (κ2) is 5.52. The molecule has 0 spiro atoms. The van der Waals surface area contributed by atoms with Gasteiger partial charge in [-0.3, -0.25) is 4.79 Å². The number of hydrogen-bond acceptors (Lipinski definition) is 4. The Balaban J connectivity index is 3.52. The van der Waals surface area contributed by atoms with Gasteiger partial charge < -0.3 is 4.74 Å². The molecule has 0 radical (unpaired) electrons. The third-order valence-electron chi connectivity index (χ3n) is 2.24. The summed E-state index contributed by atoms with van der Waals surface area (Å²) < 4.78 is 42.7. The van der Waals surface area contributed by atoms with Crippen molar-refractivity contribution in [3.05, 3.63) is 34.4 Å². The largest absolute Gasteiger partial charge is 0.462 e. The highest BCUT2D eigenvalue weighted by Crippen LogP contribution is 2.33. The molecule has 1 aromatic carbocycles. The van der Waals surface area contributed by atoms with Crippen LogP contribution in [0.3, 0.4) is 0 Å². The summed E-state index contributed by atoms with van der Waals surface area (Å²) in [6.07, 6.45) is -4.60. The van der Waals surface area contributed by atoms with Gasteiger partial charge in [-0.1, -0.05) is 0 Å². The lowest BCUT2D eigenvalue weighted by Crippen LogP contribution is -2.14. The highest BCUT2D eigenvalue weighted by molar-refractivity contribution is 5.98. The average molecular weight is 271 g/mol. The summed E-state index contributed by atoms with van der Waals surface area (Å²) in [6, 6.07) is 2.53. The van der Waals surface area contributed by atoms with E-state index in [4.69, 9.17) is 5.26 Å². The quantitative estimate of drug-likeness (QED) is 0.626. The van der Waals surface area contributed by atoms with Crippen molar-refractivity contribution in [3.8, 4) is 6.07 Å². The summed E-state index contributed by atoms with van der Waals surface area (Å²) in [6.45, 7) is 1.44. The lowest BCUT2D eigenvalue weighted by molar-refractivity contribution is -0.137. The molecule has 0 amide bonds. The predicted octanol–water partition coefficient (Wildman–Crippen LogP) is 2.57. The zero-order valence-corrected chi connectivity index (χ0v) is 9.75. The molecular formula is C12H8F3NO3. The molecule has 1 aromatic rings. The minimum Gasteiger partial charge on any atom is -0.462 e. The summed E-state index contributed by atoms with van der Waals surface area (Å²) in [5.41, 5.74) is -2.82. The van der Waals surface area contributed by atoms with Crippen LogP contribution in [0.5, 0.6) is 0 Å². The van der Waals surface area contributed by atoms with Crippen LogP contribution in [0, 0.1) is 11.3 Å². The Kier molecular flexibility index (Phi) is 4.27. The van der Waals surface area contributed by atoms with Crippen molar-refractivity contribution in [1.29, 1.82) is 5.26 Å². The van der Waals surface area contributed by atoms with Gasteiger partial charge in [-0.15, -0.1) is 0 Å². The molecule has 0 aromatic heterocycles. The van der Waals surface area contributed by atoms with Crippen LogP contribution in [0.1, 0.15) is 38.8 Å². The molecule has 0 heterocycles. The van der Waals surface area contributed by atoms with E-state index < -0.39 is 28.8 Å². The molecule has 0 fully saturated rings. The normalized spacial score (nSPS) is 10.7. The van der Waals surface area contributed by atoms with Crippen LogP contribution in [0.25, 0.3) is 0 Å². The number of rotatable bonds is 3. The second-order valence-electron chi connectivity index (χ2n) is 3.43. The zero-order valence-electron chi connectivity index (χ0n) is 9.75. The third kappa shape index (κ3) is 3.10. The number of esters is 1. The van der Waals surface area contributed by atoms with Crippen molar-refractivity contribution in [3.63, 3.8) is 0 Å². The van der Waals surface area contributed by atoms with Crippen LogP contribution in [0.2, 0.25) is 0 Å². The molecule has 0 unspecified atom stereocenters. The Morgan fingerprint density at radius 3 is 2.53 bits per heavy atom. The first-order valence-corrected chi connectivity index (χ1v) is 5.12. The van der Waals surface area contributed by atoms with Crippen LogP contribution in [-0.2, 0) is 10.9 Å². The van der Waals surface area contributed by atoms with E-state index >= 15 is 0 Å². The maximum atomic E-state index is 12.7. The fourth-order valence-corrected chi connectivity index (χ4v) is 1.43. The highest BCUT2D eigenvalue weighted by Gasteiger charge is 2.35. The fourth-order valence-electron chi connectivity index (χ4n) is 1.43. The lowest BCUT2D eigenvalue weighted by atomic mass is 9.99. The number of benzene rings is 1. The van der Waals surface area contributed by atoms with Crippen LogP contribution >= 0.6 is 0 Å². The van der Waals surface area contributed by atoms with E-state index in [-0.39, 0.29) is 18.5 Å². The van der Waals surface area contributed by atoms with Crippen molar-refractivity contribution in [2.45, 2.75) is 13.1 Å². The molecule has 0 N–H and O–H groups in total. The number of ether oxygens (including phenoxy) is 1. The first-order valence-electron chi connectivity index (χ1n) is 5.12. The molecule has 100 valence electrons. The highest BCUT2D eigenvalue weighted by atomic mass is 19.4. The number of halogens is 3. The minimum atomic E-state index is -4.80. The molecule has 0 atom stereocenters. The molecule has 19 heavy (non-hydrogen) atoms. The number of nitrogens with zero attached hydrogens (tertiary/aromatic N) is 1. The van der Waals surface area contributed by atoms with E-state index in [0.29, 0.717) is 6.07 Å². The number of carbonyl (C=O) groups is 2. The van der Waals surface area contributed by atoms with E-state index in [9.17, 15) is 22.8 Å². The molecule has 0 aliphatic rings. The molecule has 0 aliphatic heterocycles. The lowest BCUT2D eigenvalue weighted by Gasteiger charge is -2.12. The Labute approximate surface area is 106 Å². The van der Waals surface area contributed by atoms with Gasteiger partial charge in [0.1, 0.15) is 0 Å². The van der Waals surface area contributed by atoms with Crippen molar-refractivity contribution in [2.24, 2.45) is 0 Å². The van der Waals surface area contributed by atoms with Gasteiger partial charge in [0, 0.05) is 5.56 Å². The molecule has 0 saturated carbocycles. The van der Waals surface area contributed by atoms with E-state index in [2.05, 4.69) is 4.74 Å². The van der Waals surface area contributed by atoms with E-state index in [1.165, 1.54) is 13.0 Å². The molecular weight excluding hydrogens is 263 g/mol. The fraction of sp³-hybridized carbons (Fsp3) is 0.250. The summed E-state index contributed by atoms with van der Waals surface area (Å²) in [7, 11) is 0. The maximum Gasteiger partial charge on any atom is 0.417 e. The Bertz CT molecular complexity index is 559. The average Bonchev–Trinajstić information content (AvgIpc) is 2.36. The van der Waals surface area contributed by atoms with Gasteiger partial charge in [0.25, 0.3) is 0 Å². The number of alkyl halides is 3. The molecule has 0 aliphatic carbocycles. The number of nitriles is 1. The topological polar surface area (TPSA) is 67.2 Å². The first-order chi connectivity index (χ1) is 8.85. The van der Waals surface area contributed by atoms with Gasteiger partial charge in [-0.25, -0.2) is 4.79 Å². The van der Waals surface area contributed by atoms with Crippen molar-refractivity contribution in [1.82, 2.24) is 0 Å². The molecule has 1 rings (SSSR count). The maximum absolute atomic E-state index is 12.7. The number of aldehydes is 1. The number of hydrogen-bond donors (Lipinski definition) is 0. The van der Waals surface area contributed by atoms with Gasteiger partial charge >= 0.3 is 12.1 Å². The van der Waals surface area contributed by atoms with Gasteiger partial charge in [0.2, 0.25) is 0 Å². The zero-order chi connectivity index (χ0) is 14.6. The molecule has 7 heteroatoms. The summed E-state index contributed by atoms with van der Waals surface area (Å²) in [5.74, 6) is -1.04. The number of carbonyl (C=O) groups excluding carboxylic acids is 2. The van der Waals surface area contributed by atoms with Crippen molar-refractivity contribution < 1.29 is 27.5 Å². The second-order valence-corrected chi connectivity index (χ2v) is 3.43. The van der Waals surface area contributed by atoms with E-state index in [1.807, 2.05) is 0 Å². The standard InChI is InChI=1S/C12H8F3NO3/c1-2-19-11(18)9-4-10(12(13,14)15)7(5-16)3-8(9)6-17/h3-4,6H,2H2,1H3. The molecule has 4 nitrogen and oxygen atoms in total. The van der Waals surface area contributed by atoms with Crippen molar-refractivity contribution >= 4 is 12.3 Å². The molecule has 0 bridgehead atoms. The predicted molar refractivity (Wildman–Crippen MR) is 57.5 cm³/mol. The minimum absolute atomic E-state index is 0.0432. The van der Waals surface area contributed by atoms with Crippen LogP contribution < -0.4 is 0 Å². The van der Waals surface area contributed by atoms with Crippen molar-refractivity contribution in [2.75, 3.05) is 6.61 Å². The van der Waals surface area contributed by atoms with Gasteiger partial charge in [-0.05, 0) is 19.1 Å². The van der Waals surface area contributed by atoms with Crippen LogP contribution in [-0.4, -0.2) is 18.9 Å². The smallest absolute Gasteiger partial charge is 0.417 e. The first kappa shape index (κ1) is 14.7. The Morgan fingerprint density at radius 1 is 1.47 bits per heavy atom. The van der Waals surface area contributed by atoms with Gasteiger partial charge in [-0.2, -0.15) is 18.4 Å². The van der Waals surface area contributed by atoms with Gasteiger partial charge in [0.15, 0.2) is 6.29 Å². The third-order valence-corrected chi connectivity index (χ3v) is 2.24. The summed E-state index contributed by atoms with van der Waals surface area (Å²) in [4.78, 5) is 22.2. The molecule has 0 saturated heterocycles. The van der Waals surface area contributed by atoms with E-state index in [1.54, 1.807) is 0 Å². The van der Waals surface area contributed by atoms with Crippen LogP contribution in [0.15, 0.2) is 12.1 Å². The monoisotopic (exact) mass is 271 g/mol. The van der Waals surface area contributed by atoms with Crippen LogP contribution in [0.4, 0.5) is 13.2 Å². The summed E-state index contributed by atoms with van der Waals surface area (Å²) >= 11 is 0. The van der Waals surface area contributed by atoms with E-state index in [0.717, 1.165) is 6.07 Å². The SMILES string of the molecule is CCOC(=O)c1cc(C(F)(F)F)c(C#N)cc1C=O. The summed E-state index contributed by atoms with van der Waals surface area (Å²) in [5, 5.41) is 8.65. The Hall–Kier alpha value is -2.36. The Morgan fingerprint density at radius 2 is 2.11 bits per heavy atom. The van der Waals surface area contributed by atoms with Gasteiger partial charge in [0.05, 0.1) is 29.4 Å².